The van der Waals surface area contributed by atoms with Crippen LogP contribution in [0.2, 0.25) is 0 Å². The van der Waals surface area contributed by atoms with Gasteiger partial charge in [0.25, 0.3) is 5.91 Å². The summed E-state index contributed by atoms with van der Waals surface area (Å²) in [4.78, 5) is 69.5. The summed E-state index contributed by atoms with van der Waals surface area (Å²) in [5.41, 5.74) is 0.325. The third-order valence-corrected chi connectivity index (χ3v) is 11.6. The minimum atomic E-state index is -1.16. The minimum absolute atomic E-state index is 0.0190. The topological polar surface area (TPSA) is 207 Å². The molecular weight excluding hydrogens is 771 g/mol. The third-order valence-electron chi connectivity index (χ3n) is 11.6. The van der Waals surface area contributed by atoms with Crippen molar-refractivity contribution in [3.05, 3.63) is 29.8 Å². The van der Waals surface area contributed by atoms with E-state index < -0.39 is 59.9 Å². The average Bonchev–Trinajstić information content (AvgIpc) is 3.56. The summed E-state index contributed by atoms with van der Waals surface area (Å²) in [6.07, 6.45) is 19.3. The molecule has 338 valence electrons. The Morgan fingerprint density at radius 2 is 1.53 bits per heavy atom. The molecule has 0 radical (unpaired) electrons. The van der Waals surface area contributed by atoms with Gasteiger partial charge in [-0.1, -0.05) is 116 Å². The zero-order valence-electron chi connectivity index (χ0n) is 36.4. The van der Waals surface area contributed by atoms with E-state index in [2.05, 4.69) is 22.5 Å². The maximum Gasteiger partial charge on any atom is 0.328 e. The summed E-state index contributed by atoms with van der Waals surface area (Å²) in [5.74, 6) is -3.24. The van der Waals surface area contributed by atoms with Gasteiger partial charge in [0.05, 0.1) is 11.5 Å². The molecule has 5 N–H and O–H groups in total. The van der Waals surface area contributed by atoms with Gasteiger partial charge in [-0.05, 0) is 70.4 Å². The molecule has 15 heteroatoms. The lowest BCUT2D eigenvalue weighted by molar-refractivity contribution is -0.167. The number of benzene rings is 1. The van der Waals surface area contributed by atoms with Gasteiger partial charge in [0, 0.05) is 13.1 Å². The van der Waals surface area contributed by atoms with Crippen LogP contribution in [-0.2, 0) is 33.4 Å². The summed E-state index contributed by atoms with van der Waals surface area (Å²) < 4.78 is 11.9. The Morgan fingerprint density at radius 1 is 0.933 bits per heavy atom. The first-order chi connectivity index (χ1) is 29.0. The number of phenolic OH excluding ortho intramolecular Hbond substituents is 1. The highest BCUT2D eigenvalue weighted by molar-refractivity contribution is 6.01. The zero-order chi connectivity index (χ0) is 43.7. The van der Waals surface area contributed by atoms with Crippen molar-refractivity contribution in [1.29, 1.82) is 0 Å². The van der Waals surface area contributed by atoms with Gasteiger partial charge in [-0.3, -0.25) is 29.6 Å². The van der Waals surface area contributed by atoms with E-state index in [-0.39, 0.29) is 37.6 Å². The number of esters is 1. The molecule has 0 aliphatic carbocycles. The molecule has 0 saturated carbocycles. The molecule has 2 unspecified atom stereocenters. The Hall–Kier alpha value is -4.24. The van der Waals surface area contributed by atoms with E-state index in [0.29, 0.717) is 60.6 Å². The van der Waals surface area contributed by atoms with Crippen LogP contribution < -0.4 is 10.6 Å². The van der Waals surface area contributed by atoms with Gasteiger partial charge in [0.1, 0.15) is 30.0 Å². The van der Waals surface area contributed by atoms with Crippen molar-refractivity contribution in [1.82, 2.24) is 20.8 Å². The number of nitrogens with zero attached hydrogens (tertiary/aromatic N) is 3. The molecule has 1 aromatic rings. The zero-order valence-corrected chi connectivity index (χ0v) is 36.4. The molecule has 1 saturated heterocycles. The highest BCUT2D eigenvalue weighted by Gasteiger charge is 2.38. The van der Waals surface area contributed by atoms with Crippen molar-refractivity contribution in [3.8, 4) is 5.75 Å². The fraction of sp³-hybridized carbons (Fsp3) is 0.733. The quantitative estimate of drug-likeness (QED) is 0.0174. The Bertz CT molecular complexity index is 1490. The second-order valence-electron chi connectivity index (χ2n) is 16.6. The second kappa shape index (κ2) is 28.3. The largest absolute Gasteiger partial charge is 0.507 e. The molecule has 0 spiro atoms. The summed E-state index contributed by atoms with van der Waals surface area (Å²) in [5, 5.41) is 36.7. The Morgan fingerprint density at radius 3 is 2.15 bits per heavy atom. The standard InChI is InChI=1S/C45H73N5O10/c1-4-5-6-7-8-9-10-11-12-13-14-15-16-17-18-29-39(33(2)41(53)46-36-26-22-24-31-50(58)44(36)55)60-45(56)37(27-21-23-30-49(57)32-51)47-42(54)40-34(3)59-43(48-40)35-25-19-20-28-38(35)52/h19-20,25,28,32-34,36-37,39-40,52,57-58H,4-18,21-24,26-27,29-31H2,1-3H3,(H,46,53)(H,47,54)/t33?,34-,36-,37+,39?,40+/m1/s1. The predicted molar refractivity (Wildman–Crippen MR) is 227 cm³/mol. The van der Waals surface area contributed by atoms with E-state index in [4.69, 9.17) is 9.47 Å². The summed E-state index contributed by atoms with van der Waals surface area (Å²) in [7, 11) is 0. The number of aromatic hydroxyl groups is 1. The molecule has 60 heavy (non-hydrogen) atoms. The van der Waals surface area contributed by atoms with E-state index in [1.165, 1.54) is 70.3 Å². The number of unbranched alkanes of at least 4 members (excludes halogenated alkanes) is 15. The van der Waals surface area contributed by atoms with Crippen molar-refractivity contribution >= 4 is 36.0 Å². The number of hydrogen-bond donors (Lipinski definition) is 5. The molecule has 1 aromatic carbocycles. The summed E-state index contributed by atoms with van der Waals surface area (Å²) >= 11 is 0. The van der Waals surface area contributed by atoms with Crippen molar-refractivity contribution in [2.75, 3.05) is 13.1 Å². The van der Waals surface area contributed by atoms with Gasteiger partial charge in [-0.15, -0.1) is 0 Å². The number of para-hydroxylation sites is 1. The van der Waals surface area contributed by atoms with Gasteiger partial charge < -0.3 is 25.2 Å². The van der Waals surface area contributed by atoms with Crippen molar-refractivity contribution < 1.29 is 49.0 Å². The van der Waals surface area contributed by atoms with Crippen LogP contribution >= 0.6 is 0 Å². The monoisotopic (exact) mass is 844 g/mol. The third kappa shape index (κ3) is 17.8. The van der Waals surface area contributed by atoms with Crippen LogP contribution in [0.25, 0.3) is 0 Å². The molecular formula is C45H73N5O10. The van der Waals surface area contributed by atoms with Crippen LogP contribution in [0.15, 0.2) is 29.3 Å². The number of hydrogen-bond acceptors (Lipinski definition) is 11. The van der Waals surface area contributed by atoms with Gasteiger partial charge in [-0.25, -0.2) is 19.9 Å². The molecule has 6 atom stereocenters. The lowest BCUT2D eigenvalue weighted by Gasteiger charge is -2.28. The number of hydroxylamine groups is 4. The van der Waals surface area contributed by atoms with Gasteiger partial charge in [0.15, 0.2) is 6.04 Å². The normalized spacial score (nSPS) is 19.4. The van der Waals surface area contributed by atoms with Crippen LogP contribution in [-0.4, -0.2) is 105 Å². The fourth-order valence-corrected chi connectivity index (χ4v) is 7.73. The Labute approximate surface area is 356 Å². The van der Waals surface area contributed by atoms with Crippen LogP contribution in [0.3, 0.4) is 0 Å². The fourth-order valence-electron chi connectivity index (χ4n) is 7.73. The Kier molecular flexibility index (Phi) is 23.7. The van der Waals surface area contributed by atoms with Crippen LogP contribution in [0.1, 0.15) is 168 Å². The average molecular weight is 844 g/mol. The highest BCUT2D eigenvalue weighted by Crippen LogP contribution is 2.25. The lowest BCUT2D eigenvalue weighted by Crippen LogP contribution is -2.51. The number of ether oxygens (including phenoxy) is 2. The predicted octanol–water partition coefficient (Wildman–Crippen LogP) is 7.12. The molecule has 4 amide bonds. The lowest BCUT2D eigenvalue weighted by atomic mass is 9.96. The first-order valence-electron chi connectivity index (χ1n) is 22.7. The number of carbonyl (C=O) groups excluding carboxylic acids is 5. The molecule has 3 rings (SSSR count). The van der Waals surface area contributed by atoms with Gasteiger partial charge in [-0.2, -0.15) is 0 Å². The number of amides is 4. The molecule has 0 bridgehead atoms. The number of phenols is 1. The number of rotatable bonds is 30. The first kappa shape index (κ1) is 50.1. The van der Waals surface area contributed by atoms with Crippen molar-refractivity contribution in [2.24, 2.45) is 10.9 Å². The summed E-state index contributed by atoms with van der Waals surface area (Å²) in [6.45, 7) is 5.75. The second-order valence-corrected chi connectivity index (χ2v) is 16.6. The molecule has 15 nitrogen and oxygen atoms in total. The Balaban J connectivity index is 1.65. The van der Waals surface area contributed by atoms with E-state index in [1.54, 1.807) is 32.0 Å². The van der Waals surface area contributed by atoms with E-state index in [1.807, 2.05) is 0 Å². The van der Waals surface area contributed by atoms with Gasteiger partial charge in [0.2, 0.25) is 24.1 Å². The van der Waals surface area contributed by atoms with E-state index in [0.717, 1.165) is 25.7 Å². The molecule has 1 fully saturated rings. The van der Waals surface area contributed by atoms with E-state index in [9.17, 15) is 39.5 Å². The van der Waals surface area contributed by atoms with Crippen LogP contribution in [0.5, 0.6) is 5.75 Å². The molecule has 2 aliphatic rings. The minimum Gasteiger partial charge on any atom is -0.507 e. The van der Waals surface area contributed by atoms with Crippen LogP contribution in [0.4, 0.5) is 0 Å². The number of carbonyl (C=O) groups is 5. The maximum absolute atomic E-state index is 14.0. The van der Waals surface area contributed by atoms with Crippen LogP contribution in [0, 0.1) is 5.92 Å². The molecule has 2 aliphatic heterocycles. The molecule has 0 aromatic heterocycles. The van der Waals surface area contributed by atoms with Gasteiger partial charge >= 0.3 is 5.97 Å². The van der Waals surface area contributed by atoms with Crippen molar-refractivity contribution in [2.45, 2.75) is 192 Å². The van der Waals surface area contributed by atoms with E-state index >= 15 is 0 Å². The highest BCUT2D eigenvalue weighted by atomic mass is 16.5. The molecule has 2 heterocycles. The first-order valence-corrected chi connectivity index (χ1v) is 22.7. The van der Waals surface area contributed by atoms with Crippen molar-refractivity contribution in [3.63, 3.8) is 0 Å². The number of aliphatic imine (C=N–C) groups is 1. The SMILES string of the molecule is CCCCCCCCCCCCCCCCCC(OC(=O)[C@H](CCCCN(O)C=O)NC(=O)[C@H]1N=C(c2ccccc2O)O[C@@H]1C)C(C)C(=O)N[C@@H]1CCCCN(O)C1=O. The maximum atomic E-state index is 14.0. The number of nitrogens with one attached hydrogen (secondary N) is 2. The smallest absolute Gasteiger partial charge is 0.328 e. The summed E-state index contributed by atoms with van der Waals surface area (Å²) in [6, 6.07) is 3.35.